The molecule has 2 saturated heterocycles. The van der Waals surface area contributed by atoms with Gasteiger partial charge in [-0.15, -0.1) is 0 Å². The maximum atomic E-state index is 12.6. The SMILES string of the molecule is O=C(N[C@H](C[C@H]1COc2ccccc21)OB(O)O)[C@@H]1C[C@@H]2CC[C@H]1O2. The van der Waals surface area contributed by atoms with Crippen molar-refractivity contribution in [3.8, 4) is 5.75 Å². The highest BCUT2D eigenvalue weighted by Crippen LogP contribution is 2.39. The van der Waals surface area contributed by atoms with Gasteiger partial charge < -0.3 is 29.5 Å². The minimum absolute atomic E-state index is 0.0246. The molecule has 2 fully saturated rings. The first-order valence-corrected chi connectivity index (χ1v) is 8.79. The zero-order valence-electron chi connectivity index (χ0n) is 13.8. The summed E-state index contributed by atoms with van der Waals surface area (Å²) in [6, 6.07) is 7.72. The van der Waals surface area contributed by atoms with E-state index < -0.39 is 13.5 Å². The van der Waals surface area contributed by atoms with Gasteiger partial charge in [0.1, 0.15) is 12.0 Å². The molecule has 25 heavy (non-hydrogen) atoms. The van der Waals surface area contributed by atoms with Gasteiger partial charge >= 0.3 is 7.32 Å². The van der Waals surface area contributed by atoms with Crippen LogP contribution in [0.15, 0.2) is 24.3 Å². The number of hydrogen-bond donors (Lipinski definition) is 3. The van der Waals surface area contributed by atoms with Gasteiger partial charge in [-0.05, 0) is 25.3 Å². The minimum Gasteiger partial charge on any atom is -0.493 e. The Hall–Kier alpha value is -1.61. The molecule has 134 valence electrons. The fourth-order valence-corrected chi connectivity index (χ4v) is 4.16. The van der Waals surface area contributed by atoms with Gasteiger partial charge in [-0.25, -0.2) is 0 Å². The molecule has 3 N–H and O–H groups in total. The molecule has 3 aliphatic heterocycles. The summed E-state index contributed by atoms with van der Waals surface area (Å²) in [6.45, 7) is 0.480. The lowest BCUT2D eigenvalue weighted by molar-refractivity contribution is -0.129. The van der Waals surface area contributed by atoms with Crippen LogP contribution in [0.2, 0.25) is 0 Å². The zero-order chi connectivity index (χ0) is 17.4. The van der Waals surface area contributed by atoms with Crippen LogP contribution in [-0.2, 0) is 14.2 Å². The van der Waals surface area contributed by atoms with Crippen molar-refractivity contribution in [3.63, 3.8) is 0 Å². The Morgan fingerprint density at radius 1 is 1.36 bits per heavy atom. The summed E-state index contributed by atoms with van der Waals surface area (Å²) in [5.74, 6) is 0.512. The van der Waals surface area contributed by atoms with E-state index in [-0.39, 0.29) is 30.0 Å². The van der Waals surface area contributed by atoms with Crippen LogP contribution in [0.25, 0.3) is 0 Å². The van der Waals surface area contributed by atoms with Gasteiger partial charge in [0.25, 0.3) is 0 Å². The first kappa shape index (κ1) is 16.8. The number of rotatable bonds is 6. The molecule has 7 nitrogen and oxygen atoms in total. The molecular weight excluding hydrogens is 325 g/mol. The highest BCUT2D eigenvalue weighted by molar-refractivity contribution is 6.32. The average molecular weight is 347 g/mol. The van der Waals surface area contributed by atoms with Crippen LogP contribution < -0.4 is 10.1 Å². The molecule has 1 aromatic rings. The number of amides is 1. The molecule has 0 spiro atoms. The number of benzene rings is 1. The third-order valence-electron chi connectivity index (χ3n) is 5.33. The second-order valence-electron chi connectivity index (χ2n) is 6.96. The topological polar surface area (TPSA) is 97.3 Å². The summed E-state index contributed by atoms with van der Waals surface area (Å²) >= 11 is 0. The Balaban J connectivity index is 1.41. The van der Waals surface area contributed by atoms with Crippen LogP contribution in [-0.4, -0.2) is 48.3 Å². The van der Waals surface area contributed by atoms with Crippen molar-refractivity contribution in [2.75, 3.05) is 6.61 Å². The second kappa shape index (κ2) is 6.95. The van der Waals surface area contributed by atoms with Gasteiger partial charge in [0.2, 0.25) is 5.91 Å². The van der Waals surface area contributed by atoms with E-state index in [0.717, 1.165) is 30.6 Å². The summed E-state index contributed by atoms with van der Waals surface area (Å²) in [5, 5.41) is 21.2. The summed E-state index contributed by atoms with van der Waals surface area (Å²) in [6.07, 6.45) is 2.40. The van der Waals surface area contributed by atoms with Crippen molar-refractivity contribution in [3.05, 3.63) is 29.8 Å². The van der Waals surface area contributed by atoms with E-state index in [1.807, 2.05) is 24.3 Å². The molecule has 4 rings (SSSR count). The first-order chi connectivity index (χ1) is 12.1. The van der Waals surface area contributed by atoms with E-state index >= 15 is 0 Å². The Bertz CT molecular complexity index is 641. The molecule has 0 aliphatic carbocycles. The number of ether oxygens (including phenoxy) is 2. The summed E-state index contributed by atoms with van der Waals surface area (Å²) < 4.78 is 16.5. The molecule has 1 amide bonds. The Morgan fingerprint density at radius 2 is 2.20 bits per heavy atom. The fraction of sp³-hybridized carbons (Fsp3) is 0.588. The molecule has 1 aromatic carbocycles. The number of hydrogen-bond acceptors (Lipinski definition) is 6. The van der Waals surface area contributed by atoms with E-state index in [4.69, 9.17) is 14.1 Å². The van der Waals surface area contributed by atoms with Crippen molar-refractivity contribution in [2.24, 2.45) is 5.92 Å². The van der Waals surface area contributed by atoms with Crippen LogP contribution in [0.3, 0.4) is 0 Å². The van der Waals surface area contributed by atoms with E-state index in [1.165, 1.54) is 0 Å². The van der Waals surface area contributed by atoms with Crippen molar-refractivity contribution in [1.29, 1.82) is 0 Å². The second-order valence-corrected chi connectivity index (χ2v) is 6.96. The average Bonchev–Trinajstić information content (AvgIpc) is 3.30. The number of nitrogens with one attached hydrogen (secondary N) is 1. The number of carbonyl (C=O) groups excluding carboxylic acids is 1. The third kappa shape index (κ3) is 3.53. The van der Waals surface area contributed by atoms with Crippen LogP contribution in [0, 0.1) is 5.92 Å². The van der Waals surface area contributed by atoms with Gasteiger partial charge in [0.05, 0.1) is 24.7 Å². The highest BCUT2D eigenvalue weighted by atomic mass is 16.6. The van der Waals surface area contributed by atoms with Crippen molar-refractivity contribution >= 4 is 13.2 Å². The van der Waals surface area contributed by atoms with Gasteiger partial charge in [0, 0.05) is 17.9 Å². The van der Waals surface area contributed by atoms with Crippen molar-refractivity contribution < 1.29 is 29.0 Å². The van der Waals surface area contributed by atoms with Crippen molar-refractivity contribution in [1.82, 2.24) is 5.32 Å². The fourth-order valence-electron chi connectivity index (χ4n) is 4.16. The molecule has 0 unspecified atom stereocenters. The quantitative estimate of drug-likeness (QED) is 0.514. The normalized spacial score (nSPS) is 30.6. The van der Waals surface area contributed by atoms with Crippen LogP contribution in [0.1, 0.15) is 37.2 Å². The highest BCUT2D eigenvalue weighted by Gasteiger charge is 2.45. The molecule has 3 heterocycles. The first-order valence-electron chi connectivity index (χ1n) is 8.79. The monoisotopic (exact) mass is 347 g/mol. The number of para-hydroxylation sites is 1. The molecule has 0 aromatic heterocycles. The van der Waals surface area contributed by atoms with E-state index in [1.54, 1.807) is 0 Å². The molecule has 0 saturated carbocycles. The molecular formula is C17H22BNO6. The standard InChI is InChI=1S/C17H22BNO6/c20-17(13-8-11-5-6-15(13)24-11)19-16(25-18(21)22)7-10-9-23-14-4-2-1-3-12(10)14/h1-4,10-11,13,15-16,21-22H,5-9H2,(H,19,20)/t10-,11-,13+,15+,16-/m0/s1. The lowest BCUT2D eigenvalue weighted by atomic mass is 9.88. The van der Waals surface area contributed by atoms with E-state index in [9.17, 15) is 14.8 Å². The van der Waals surface area contributed by atoms with Crippen LogP contribution >= 0.6 is 0 Å². The van der Waals surface area contributed by atoms with Crippen LogP contribution in [0.5, 0.6) is 5.75 Å². The smallest absolute Gasteiger partial charge is 0.493 e. The zero-order valence-corrected chi connectivity index (χ0v) is 13.8. The Kier molecular flexibility index (Phi) is 4.68. The molecule has 3 aliphatic rings. The lowest BCUT2D eigenvalue weighted by Gasteiger charge is -2.25. The van der Waals surface area contributed by atoms with E-state index in [2.05, 4.69) is 5.32 Å². The van der Waals surface area contributed by atoms with Gasteiger partial charge in [-0.1, -0.05) is 18.2 Å². The van der Waals surface area contributed by atoms with Crippen molar-refractivity contribution in [2.45, 2.75) is 50.0 Å². The predicted octanol–water partition coefficient (Wildman–Crippen LogP) is 0.549. The Morgan fingerprint density at radius 3 is 2.92 bits per heavy atom. The maximum absolute atomic E-state index is 12.6. The van der Waals surface area contributed by atoms with Crippen LogP contribution in [0.4, 0.5) is 0 Å². The van der Waals surface area contributed by atoms with Gasteiger partial charge in [-0.3, -0.25) is 4.79 Å². The largest absolute Gasteiger partial charge is 0.635 e. The predicted molar refractivity (Wildman–Crippen MR) is 88.5 cm³/mol. The molecule has 0 radical (unpaired) electrons. The maximum Gasteiger partial charge on any atom is 0.635 e. The number of fused-ring (bicyclic) bond motifs is 3. The van der Waals surface area contributed by atoms with Gasteiger partial charge in [0.15, 0.2) is 0 Å². The molecule has 8 heteroatoms. The molecule has 5 atom stereocenters. The summed E-state index contributed by atoms with van der Waals surface area (Å²) in [4.78, 5) is 12.6. The third-order valence-corrected chi connectivity index (χ3v) is 5.33. The summed E-state index contributed by atoms with van der Waals surface area (Å²) in [7, 11) is -1.95. The lowest BCUT2D eigenvalue weighted by Crippen LogP contribution is -2.46. The van der Waals surface area contributed by atoms with E-state index in [0.29, 0.717) is 13.0 Å². The number of carbonyl (C=O) groups is 1. The summed E-state index contributed by atoms with van der Waals surface area (Å²) in [5.41, 5.74) is 1.04. The minimum atomic E-state index is -1.95. The van der Waals surface area contributed by atoms with Gasteiger partial charge in [-0.2, -0.15) is 0 Å². The Labute approximate surface area is 146 Å². The molecule has 2 bridgehead atoms.